The van der Waals surface area contributed by atoms with E-state index in [9.17, 15) is 9.59 Å². The van der Waals surface area contributed by atoms with E-state index in [0.717, 1.165) is 25.2 Å². The first kappa shape index (κ1) is 12.9. The van der Waals surface area contributed by atoms with Crippen molar-refractivity contribution in [2.75, 3.05) is 0 Å². The lowest BCUT2D eigenvalue weighted by Gasteiger charge is -2.32. The molecule has 1 saturated carbocycles. The lowest BCUT2D eigenvalue weighted by Crippen LogP contribution is -2.40. The Morgan fingerprint density at radius 3 is 2.78 bits per heavy atom. The number of carbonyl (C=O) groups is 1. The summed E-state index contributed by atoms with van der Waals surface area (Å²) in [6, 6.07) is 3.21. The first-order valence-corrected chi connectivity index (χ1v) is 6.56. The molecular formula is C14H20N2O2. The second kappa shape index (κ2) is 5.38. The fourth-order valence-electron chi connectivity index (χ4n) is 2.53. The minimum absolute atomic E-state index is 0.146. The summed E-state index contributed by atoms with van der Waals surface area (Å²) in [5, 5.41) is 3.02. The van der Waals surface area contributed by atoms with Gasteiger partial charge in [-0.15, -0.1) is 0 Å². The van der Waals surface area contributed by atoms with Crippen LogP contribution in [0.1, 0.15) is 43.5 Å². The van der Waals surface area contributed by atoms with Crippen LogP contribution in [0.25, 0.3) is 0 Å². The van der Waals surface area contributed by atoms with Crippen molar-refractivity contribution in [1.82, 2.24) is 10.3 Å². The summed E-state index contributed by atoms with van der Waals surface area (Å²) >= 11 is 0. The number of H-pyrrole nitrogens is 1. The number of aromatic amines is 1. The Hall–Kier alpha value is -1.58. The predicted octanol–water partition coefficient (Wildman–Crippen LogP) is 1.93. The molecule has 98 valence electrons. The molecule has 4 nitrogen and oxygen atoms in total. The van der Waals surface area contributed by atoms with E-state index in [-0.39, 0.29) is 17.5 Å². The highest BCUT2D eigenvalue weighted by Crippen LogP contribution is 2.29. The standard InChI is InChI=1S/C14H20N2O2/c1-9-3-4-12(7-10(9)2)16-14(18)11-5-6-15-13(17)8-11/h5-6,8-10,12H,3-4,7H2,1-2H3,(H,15,17)(H,16,18). The van der Waals surface area contributed by atoms with Crippen LogP contribution in [0.4, 0.5) is 0 Å². The van der Waals surface area contributed by atoms with Gasteiger partial charge in [0.1, 0.15) is 0 Å². The van der Waals surface area contributed by atoms with Crippen LogP contribution in [0.2, 0.25) is 0 Å². The molecule has 0 spiro atoms. The minimum Gasteiger partial charge on any atom is -0.349 e. The fourth-order valence-corrected chi connectivity index (χ4v) is 2.53. The van der Waals surface area contributed by atoms with Crippen LogP contribution in [-0.2, 0) is 0 Å². The molecule has 1 aromatic heterocycles. The zero-order chi connectivity index (χ0) is 13.1. The molecule has 0 bridgehead atoms. The Kier molecular flexibility index (Phi) is 3.84. The van der Waals surface area contributed by atoms with Crippen LogP contribution in [0.15, 0.2) is 23.1 Å². The van der Waals surface area contributed by atoms with Gasteiger partial charge >= 0.3 is 0 Å². The van der Waals surface area contributed by atoms with Gasteiger partial charge in [0.15, 0.2) is 0 Å². The Morgan fingerprint density at radius 1 is 1.33 bits per heavy atom. The molecule has 0 radical (unpaired) electrons. The lowest BCUT2D eigenvalue weighted by molar-refractivity contribution is 0.0910. The Balaban J connectivity index is 1.98. The van der Waals surface area contributed by atoms with Crippen molar-refractivity contribution in [3.63, 3.8) is 0 Å². The smallest absolute Gasteiger partial charge is 0.251 e. The molecule has 1 aromatic rings. The molecule has 3 unspecified atom stereocenters. The third-order valence-electron chi connectivity index (χ3n) is 3.97. The molecule has 3 atom stereocenters. The quantitative estimate of drug-likeness (QED) is 0.840. The summed E-state index contributed by atoms with van der Waals surface area (Å²) in [5.74, 6) is 1.23. The zero-order valence-corrected chi connectivity index (χ0v) is 10.9. The van der Waals surface area contributed by atoms with Gasteiger partial charge in [0, 0.05) is 23.9 Å². The molecule has 1 amide bonds. The summed E-state index contributed by atoms with van der Waals surface area (Å²) < 4.78 is 0. The summed E-state index contributed by atoms with van der Waals surface area (Å²) in [7, 11) is 0. The van der Waals surface area contributed by atoms with Crippen LogP contribution in [0.5, 0.6) is 0 Å². The van der Waals surface area contributed by atoms with Gasteiger partial charge in [-0.3, -0.25) is 9.59 Å². The number of aromatic nitrogens is 1. The molecule has 0 aliphatic heterocycles. The summed E-state index contributed by atoms with van der Waals surface area (Å²) in [6.07, 6.45) is 4.71. The minimum atomic E-state index is -0.242. The van der Waals surface area contributed by atoms with Crippen molar-refractivity contribution in [1.29, 1.82) is 0 Å². The number of carbonyl (C=O) groups excluding carboxylic acids is 1. The third-order valence-corrected chi connectivity index (χ3v) is 3.97. The molecular weight excluding hydrogens is 228 g/mol. The van der Waals surface area contributed by atoms with E-state index in [1.807, 2.05) is 0 Å². The van der Waals surface area contributed by atoms with Crippen LogP contribution >= 0.6 is 0 Å². The summed E-state index contributed by atoms with van der Waals surface area (Å²) in [5.41, 5.74) is 0.193. The second-order valence-electron chi connectivity index (χ2n) is 5.38. The van der Waals surface area contributed by atoms with Gasteiger partial charge in [-0.2, -0.15) is 0 Å². The van der Waals surface area contributed by atoms with E-state index in [2.05, 4.69) is 24.1 Å². The SMILES string of the molecule is CC1CCC(NC(=O)c2cc[nH]c(=O)c2)CC1C. The molecule has 1 fully saturated rings. The second-order valence-corrected chi connectivity index (χ2v) is 5.38. The van der Waals surface area contributed by atoms with Gasteiger partial charge in [0.2, 0.25) is 5.56 Å². The number of hydrogen-bond donors (Lipinski definition) is 2. The van der Waals surface area contributed by atoms with Crippen molar-refractivity contribution >= 4 is 5.91 Å². The number of pyridine rings is 1. The molecule has 1 heterocycles. The monoisotopic (exact) mass is 248 g/mol. The highest BCUT2D eigenvalue weighted by molar-refractivity contribution is 5.94. The highest BCUT2D eigenvalue weighted by atomic mass is 16.2. The maximum Gasteiger partial charge on any atom is 0.251 e. The maximum absolute atomic E-state index is 12.0. The molecule has 18 heavy (non-hydrogen) atoms. The van der Waals surface area contributed by atoms with Crippen molar-refractivity contribution in [2.45, 2.75) is 39.2 Å². The van der Waals surface area contributed by atoms with Gasteiger partial charge in [-0.1, -0.05) is 13.8 Å². The van der Waals surface area contributed by atoms with E-state index >= 15 is 0 Å². The zero-order valence-electron chi connectivity index (χ0n) is 10.9. The summed E-state index contributed by atoms with van der Waals surface area (Å²) in [6.45, 7) is 4.50. The number of rotatable bonds is 2. The van der Waals surface area contributed by atoms with Gasteiger partial charge in [-0.05, 0) is 37.2 Å². The number of hydrogen-bond acceptors (Lipinski definition) is 2. The number of amides is 1. The Morgan fingerprint density at radius 2 is 2.11 bits per heavy atom. The molecule has 0 aromatic carbocycles. The van der Waals surface area contributed by atoms with E-state index in [1.54, 1.807) is 6.07 Å². The van der Waals surface area contributed by atoms with Crippen LogP contribution < -0.4 is 10.9 Å². The van der Waals surface area contributed by atoms with Gasteiger partial charge in [0.05, 0.1) is 0 Å². The topological polar surface area (TPSA) is 62.0 Å². The Bertz CT molecular complexity index is 481. The van der Waals surface area contributed by atoms with Crippen molar-refractivity contribution in [2.24, 2.45) is 11.8 Å². The molecule has 1 aliphatic rings. The van der Waals surface area contributed by atoms with Gasteiger partial charge in [0.25, 0.3) is 5.91 Å². The maximum atomic E-state index is 12.0. The van der Waals surface area contributed by atoms with Crippen LogP contribution in [0, 0.1) is 11.8 Å². The van der Waals surface area contributed by atoms with Crippen molar-refractivity contribution in [3.8, 4) is 0 Å². The predicted molar refractivity (Wildman–Crippen MR) is 70.5 cm³/mol. The van der Waals surface area contributed by atoms with Gasteiger partial charge < -0.3 is 10.3 Å². The van der Waals surface area contributed by atoms with Crippen molar-refractivity contribution in [3.05, 3.63) is 34.2 Å². The first-order valence-electron chi connectivity index (χ1n) is 6.56. The fraction of sp³-hybridized carbons (Fsp3) is 0.571. The molecule has 2 N–H and O–H groups in total. The highest BCUT2D eigenvalue weighted by Gasteiger charge is 2.25. The van der Waals surface area contributed by atoms with E-state index in [0.29, 0.717) is 11.5 Å². The molecule has 1 aliphatic carbocycles. The normalized spacial score (nSPS) is 27.8. The van der Waals surface area contributed by atoms with E-state index in [4.69, 9.17) is 0 Å². The van der Waals surface area contributed by atoms with Crippen LogP contribution in [0.3, 0.4) is 0 Å². The average Bonchev–Trinajstić information content (AvgIpc) is 2.34. The lowest BCUT2D eigenvalue weighted by atomic mass is 9.79. The Labute approximate surface area is 107 Å². The van der Waals surface area contributed by atoms with E-state index in [1.165, 1.54) is 12.3 Å². The number of nitrogens with one attached hydrogen (secondary N) is 2. The summed E-state index contributed by atoms with van der Waals surface area (Å²) in [4.78, 5) is 25.6. The largest absolute Gasteiger partial charge is 0.349 e. The van der Waals surface area contributed by atoms with E-state index < -0.39 is 0 Å². The van der Waals surface area contributed by atoms with Crippen molar-refractivity contribution < 1.29 is 4.79 Å². The molecule has 0 saturated heterocycles. The third kappa shape index (κ3) is 3.00. The molecule has 4 heteroatoms. The average molecular weight is 248 g/mol. The van der Waals surface area contributed by atoms with Crippen LogP contribution in [-0.4, -0.2) is 16.9 Å². The first-order chi connectivity index (χ1) is 8.56. The van der Waals surface area contributed by atoms with Gasteiger partial charge in [-0.25, -0.2) is 0 Å². The molecule has 2 rings (SSSR count).